The van der Waals surface area contributed by atoms with Crippen LogP contribution >= 0.6 is 0 Å². The second-order valence-corrected chi connectivity index (χ2v) is 4.37. The Balaban J connectivity index is 1.99. The van der Waals surface area contributed by atoms with Crippen LogP contribution in [-0.4, -0.2) is 35.1 Å². The SMILES string of the molecule is O=C(Cc1ccc(F)cc1)N1CCC[C@H]1CO. The van der Waals surface area contributed by atoms with E-state index in [4.69, 9.17) is 5.11 Å². The zero-order chi connectivity index (χ0) is 12.3. The highest BCUT2D eigenvalue weighted by Crippen LogP contribution is 2.18. The van der Waals surface area contributed by atoms with Crippen LogP contribution in [0.15, 0.2) is 24.3 Å². The van der Waals surface area contributed by atoms with E-state index in [1.165, 1.54) is 12.1 Å². The lowest BCUT2D eigenvalue weighted by atomic mass is 10.1. The van der Waals surface area contributed by atoms with Gasteiger partial charge in [-0.25, -0.2) is 4.39 Å². The van der Waals surface area contributed by atoms with Crippen LogP contribution in [0.4, 0.5) is 4.39 Å². The summed E-state index contributed by atoms with van der Waals surface area (Å²) in [5.41, 5.74) is 0.806. The minimum atomic E-state index is -0.296. The van der Waals surface area contributed by atoms with E-state index in [0.717, 1.165) is 18.4 Å². The van der Waals surface area contributed by atoms with Crippen LogP contribution in [0.2, 0.25) is 0 Å². The van der Waals surface area contributed by atoms with Gasteiger partial charge in [0.15, 0.2) is 0 Å². The van der Waals surface area contributed by atoms with E-state index in [9.17, 15) is 9.18 Å². The Morgan fingerprint density at radius 1 is 1.41 bits per heavy atom. The molecule has 1 aromatic carbocycles. The van der Waals surface area contributed by atoms with E-state index in [1.54, 1.807) is 17.0 Å². The van der Waals surface area contributed by atoms with E-state index in [0.29, 0.717) is 6.54 Å². The molecule has 1 aliphatic rings. The van der Waals surface area contributed by atoms with E-state index in [2.05, 4.69) is 0 Å². The Labute approximate surface area is 99.9 Å². The van der Waals surface area contributed by atoms with Gasteiger partial charge in [0, 0.05) is 6.54 Å². The van der Waals surface area contributed by atoms with Gasteiger partial charge in [-0.05, 0) is 30.5 Å². The Morgan fingerprint density at radius 3 is 2.76 bits per heavy atom. The van der Waals surface area contributed by atoms with Crippen molar-refractivity contribution in [3.05, 3.63) is 35.6 Å². The Morgan fingerprint density at radius 2 is 2.12 bits per heavy atom. The van der Waals surface area contributed by atoms with Gasteiger partial charge in [0.05, 0.1) is 19.1 Å². The summed E-state index contributed by atoms with van der Waals surface area (Å²) in [6.45, 7) is 0.737. The Hall–Kier alpha value is -1.42. The lowest BCUT2D eigenvalue weighted by Crippen LogP contribution is -2.38. The number of aliphatic hydroxyl groups excluding tert-OH is 1. The van der Waals surface area contributed by atoms with Crippen molar-refractivity contribution in [2.24, 2.45) is 0 Å². The lowest BCUT2D eigenvalue weighted by Gasteiger charge is -2.23. The number of aliphatic hydroxyl groups is 1. The maximum atomic E-state index is 12.7. The Kier molecular flexibility index (Phi) is 3.74. The molecule has 0 bridgehead atoms. The van der Waals surface area contributed by atoms with E-state index < -0.39 is 0 Å². The molecule has 1 fully saturated rings. The molecule has 0 saturated carbocycles. The number of nitrogens with zero attached hydrogens (tertiary/aromatic N) is 1. The van der Waals surface area contributed by atoms with Crippen molar-refractivity contribution in [2.45, 2.75) is 25.3 Å². The number of carbonyl (C=O) groups is 1. The predicted octanol–water partition coefficient (Wildman–Crippen LogP) is 1.35. The molecule has 1 aliphatic heterocycles. The largest absolute Gasteiger partial charge is 0.394 e. The van der Waals surface area contributed by atoms with Crippen molar-refractivity contribution in [3.63, 3.8) is 0 Å². The summed E-state index contributed by atoms with van der Waals surface area (Å²) < 4.78 is 12.7. The molecule has 1 heterocycles. The molecule has 1 saturated heterocycles. The highest BCUT2D eigenvalue weighted by molar-refractivity contribution is 5.79. The van der Waals surface area contributed by atoms with Crippen molar-refractivity contribution in [1.82, 2.24) is 4.90 Å². The van der Waals surface area contributed by atoms with Gasteiger partial charge in [0.25, 0.3) is 0 Å². The van der Waals surface area contributed by atoms with Crippen LogP contribution < -0.4 is 0 Å². The van der Waals surface area contributed by atoms with Gasteiger partial charge >= 0.3 is 0 Å². The zero-order valence-electron chi connectivity index (χ0n) is 9.60. The molecule has 92 valence electrons. The van der Waals surface area contributed by atoms with E-state index in [-0.39, 0.29) is 30.8 Å². The summed E-state index contributed by atoms with van der Waals surface area (Å²) in [6.07, 6.45) is 2.09. The van der Waals surface area contributed by atoms with Gasteiger partial charge in [0.2, 0.25) is 5.91 Å². The number of hydrogen-bond acceptors (Lipinski definition) is 2. The molecule has 1 N–H and O–H groups in total. The number of hydrogen-bond donors (Lipinski definition) is 1. The first-order valence-corrected chi connectivity index (χ1v) is 5.85. The van der Waals surface area contributed by atoms with Gasteiger partial charge < -0.3 is 10.0 Å². The average molecular weight is 237 g/mol. The van der Waals surface area contributed by atoms with Crippen LogP contribution in [0.1, 0.15) is 18.4 Å². The fraction of sp³-hybridized carbons (Fsp3) is 0.462. The fourth-order valence-corrected chi connectivity index (χ4v) is 2.23. The third kappa shape index (κ3) is 2.82. The van der Waals surface area contributed by atoms with Crippen molar-refractivity contribution >= 4 is 5.91 Å². The van der Waals surface area contributed by atoms with E-state index in [1.807, 2.05) is 0 Å². The number of likely N-dealkylation sites (tertiary alicyclic amines) is 1. The van der Waals surface area contributed by atoms with Crippen LogP contribution in [0.25, 0.3) is 0 Å². The number of halogens is 1. The average Bonchev–Trinajstić information content (AvgIpc) is 2.80. The summed E-state index contributed by atoms with van der Waals surface area (Å²) in [5.74, 6) is -0.288. The van der Waals surface area contributed by atoms with Gasteiger partial charge in [0.1, 0.15) is 5.82 Å². The van der Waals surface area contributed by atoms with Crippen LogP contribution in [-0.2, 0) is 11.2 Å². The highest BCUT2D eigenvalue weighted by atomic mass is 19.1. The van der Waals surface area contributed by atoms with Gasteiger partial charge in [-0.15, -0.1) is 0 Å². The second kappa shape index (κ2) is 5.27. The van der Waals surface area contributed by atoms with Crippen molar-refractivity contribution in [1.29, 1.82) is 0 Å². The molecule has 1 atom stereocenters. The summed E-state index contributed by atoms with van der Waals surface area (Å²) in [5, 5.41) is 9.14. The van der Waals surface area contributed by atoms with Crippen molar-refractivity contribution in [3.8, 4) is 0 Å². The third-order valence-electron chi connectivity index (χ3n) is 3.18. The number of rotatable bonds is 3. The molecule has 17 heavy (non-hydrogen) atoms. The molecule has 0 radical (unpaired) electrons. The predicted molar refractivity (Wildman–Crippen MR) is 61.9 cm³/mol. The molecule has 0 spiro atoms. The first kappa shape index (κ1) is 12.0. The molecule has 1 aromatic rings. The maximum Gasteiger partial charge on any atom is 0.227 e. The minimum absolute atomic E-state index is 0.00755. The monoisotopic (exact) mass is 237 g/mol. The first-order valence-electron chi connectivity index (χ1n) is 5.85. The first-order chi connectivity index (χ1) is 8.20. The Bertz CT molecular complexity index is 391. The number of benzene rings is 1. The number of amides is 1. The topological polar surface area (TPSA) is 40.5 Å². The van der Waals surface area contributed by atoms with Crippen LogP contribution in [0.3, 0.4) is 0 Å². The maximum absolute atomic E-state index is 12.7. The quantitative estimate of drug-likeness (QED) is 0.862. The molecular formula is C13H16FNO2. The highest BCUT2D eigenvalue weighted by Gasteiger charge is 2.27. The van der Waals surface area contributed by atoms with Crippen LogP contribution in [0.5, 0.6) is 0 Å². The molecule has 1 amide bonds. The smallest absolute Gasteiger partial charge is 0.227 e. The van der Waals surface area contributed by atoms with E-state index >= 15 is 0 Å². The van der Waals surface area contributed by atoms with Crippen LogP contribution in [0, 0.1) is 5.82 Å². The third-order valence-corrected chi connectivity index (χ3v) is 3.18. The summed E-state index contributed by atoms with van der Waals surface area (Å²) in [4.78, 5) is 13.7. The molecular weight excluding hydrogens is 221 g/mol. The van der Waals surface area contributed by atoms with Crippen molar-refractivity contribution < 1.29 is 14.3 Å². The molecule has 0 aliphatic carbocycles. The molecule has 0 aromatic heterocycles. The zero-order valence-corrected chi connectivity index (χ0v) is 9.60. The lowest BCUT2D eigenvalue weighted by molar-refractivity contribution is -0.131. The molecule has 2 rings (SSSR count). The standard InChI is InChI=1S/C13H16FNO2/c14-11-5-3-10(4-6-11)8-13(17)15-7-1-2-12(15)9-16/h3-6,12,16H,1-2,7-9H2/t12-/m0/s1. The van der Waals surface area contributed by atoms with Gasteiger partial charge in [-0.3, -0.25) is 4.79 Å². The molecule has 0 unspecified atom stereocenters. The van der Waals surface area contributed by atoms with Crippen molar-refractivity contribution in [2.75, 3.05) is 13.2 Å². The second-order valence-electron chi connectivity index (χ2n) is 4.37. The number of carbonyl (C=O) groups excluding carboxylic acids is 1. The normalized spacial score (nSPS) is 19.6. The fourth-order valence-electron chi connectivity index (χ4n) is 2.23. The minimum Gasteiger partial charge on any atom is -0.394 e. The van der Waals surface area contributed by atoms with Gasteiger partial charge in [-0.1, -0.05) is 12.1 Å². The molecule has 3 nitrogen and oxygen atoms in total. The van der Waals surface area contributed by atoms with Gasteiger partial charge in [-0.2, -0.15) is 0 Å². The molecule has 4 heteroatoms. The summed E-state index contributed by atoms with van der Waals surface area (Å²) >= 11 is 0. The summed E-state index contributed by atoms with van der Waals surface area (Å²) in [7, 11) is 0. The summed E-state index contributed by atoms with van der Waals surface area (Å²) in [6, 6.07) is 5.92.